The van der Waals surface area contributed by atoms with E-state index < -0.39 is 0 Å². The first-order valence-corrected chi connectivity index (χ1v) is 4.42. The van der Waals surface area contributed by atoms with Crippen LogP contribution in [0.5, 0.6) is 0 Å². The fourth-order valence-corrected chi connectivity index (χ4v) is 1.36. The second-order valence-electron chi connectivity index (χ2n) is 3.07. The highest BCUT2D eigenvalue weighted by atomic mass is 14.7. The molecular weight excluding hydrogens is 148 g/mol. The van der Waals surface area contributed by atoms with Crippen LogP contribution in [0.2, 0.25) is 0 Å². The molecule has 0 amide bonds. The molecule has 0 bridgehead atoms. The average molecular weight is 164 g/mol. The van der Waals surface area contributed by atoms with Crippen LogP contribution >= 0.6 is 0 Å². The van der Waals surface area contributed by atoms with E-state index >= 15 is 0 Å². The van der Waals surface area contributed by atoms with E-state index in [2.05, 4.69) is 18.0 Å². The van der Waals surface area contributed by atoms with Gasteiger partial charge in [0.2, 0.25) is 0 Å². The lowest BCUT2D eigenvalue weighted by Gasteiger charge is -2.12. The molecule has 0 spiro atoms. The van der Waals surface area contributed by atoms with Crippen LogP contribution in [0.3, 0.4) is 0 Å². The Kier molecular flexibility index (Phi) is 3.23. The lowest BCUT2D eigenvalue weighted by molar-refractivity contribution is 0.632. The number of aryl methyl sites for hydroxylation is 1. The van der Waals surface area contributed by atoms with E-state index in [0.29, 0.717) is 0 Å². The number of aromatic nitrogens is 1. The third-order valence-electron chi connectivity index (χ3n) is 2.05. The fourth-order valence-electron chi connectivity index (χ4n) is 1.36. The van der Waals surface area contributed by atoms with Crippen LogP contribution in [0.1, 0.15) is 37.1 Å². The van der Waals surface area contributed by atoms with Gasteiger partial charge in [-0.15, -0.1) is 0 Å². The van der Waals surface area contributed by atoms with E-state index in [1.807, 2.05) is 13.0 Å². The van der Waals surface area contributed by atoms with E-state index in [0.717, 1.165) is 18.5 Å². The monoisotopic (exact) mass is 164 g/mol. The topological polar surface area (TPSA) is 38.9 Å². The van der Waals surface area contributed by atoms with Crippen LogP contribution in [-0.2, 0) is 0 Å². The van der Waals surface area contributed by atoms with Crippen LogP contribution < -0.4 is 5.73 Å². The summed E-state index contributed by atoms with van der Waals surface area (Å²) in [7, 11) is 0. The molecule has 0 aromatic carbocycles. The van der Waals surface area contributed by atoms with Crippen LogP contribution in [0, 0.1) is 6.92 Å². The summed E-state index contributed by atoms with van der Waals surface area (Å²) in [6.07, 6.45) is 3.96. The summed E-state index contributed by atoms with van der Waals surface area (Å²) >= 11 is 0. The molecule has 0 aliphatic carbocycles. The number of nitrogens with two attached hydrogens (primary N) is 1. The summed E-state index contributed by atoms with van der Waals surface area (Å²) in [5, 5.41) is 0. The van der Waals surface area contributed by atoms with E-state index in [1.54, 1.807) is 6.20 Å². The summed E-state index contributed by atoms with van der Waals surface area (Å²) in [6.45, 7) is 4.15. The third kappa shape index (κ3) is 2.05. The van der Waals surface area contributed by atoms with Gasteiger partial charge in [0, 0.05) is 17.9 Å². The number of nitrogens with zero attached hydrogens (tertiary/aromatic N) is 1. The molecule has 12 heavy (non-hydrogen) atoms. The van der Waals surface area contributed by atoms with Crippen LogP contribution in [0.4, 0.5) is 0 Å². The van der Waals surface area contributed by atoms with Gasteiger partial charge in [-0.1, -0.05) is 19.4 Å². The predicted octanol–water partition coefficient (Wildman–Crippen LogP) is 2.19. The molecule has 1 heterocycles. The second-order valence-corrected chi connectivity index (χ2v) is 3.07. The van der Waals surface area contributed by atoms with Crippen molar-refractivity contribution in [2.24, 2.45) is 5.73 Å². The highest BCUT2D eigenvalue weighted by molar-refractivity contribution is 5.21. The molecule has 2 heteroatoms. The Morgan fingerprint density at radius 2 is 2.33 bits per heavy atom. The highest BCUT2D eigenvalue weighted by Crippen LogP contribution is 2.17. The maximum absolute atomic E-state index is 5.97. The number of hydrogen-bond donors (Lipinski definition) is 1. The third-order valence-corrected chi connectivity index (χ3v) is 2.05. The first-order valence-electron chi connectivity index (χ1n) is 4.42. The maximum Gasteiger partial charge on any atom is 0.0420 e. The fraction of sp³-hybridized carbons (Fsp3) is 0.500. The second kappa shape index (κ2) is 4.21. The molecular formula is C10H16N2. The minimum Gasteiger partial charge on any atom is -0.324 e. The molecule has 0 aliphatic rings. The summed E-state index contributed by atoms with van der Waals surface area (Å²) in [5.74, 6) is 0. The number of hydrogen-bond acceptors (Lipinski definition) is 2. The van der Waals surface area contributed by atoms with Crippen molar-refractivity contribution in [3.05, 3.63) is 29.6 Å². The van der Waals surface area contributed by atoms with Gasteiger partial charge in [-0.2, -0.15) is 0 Å². The van der Waals surface area contributed by atoms with Crippen molar-refractivity contribution >= 4 is 0 Å². The van der Waals surface area contributed by atoms with Gasteiger partial charge in [-0.25, -0.2) is 0 Å². The predicted molar refractivity (Wildman–Crippen MR) is 50.8 cm³/mol. The average Bonchev–Trinajstić information content (AvgIpc) is 2.05. The van der Waals surface area contributed by atoms with Gasteiger partial charge in [0.05, 0.1) is 0 Å². The molecule has 1 aromatic rings. The van der Waals surface area contributed by atoms with Gasteiger partial charge in [-0.3, -0.25) is 4.98 Å². The van der Waals surface area contributed by atoms with E-state index in [1.165, 1.54) is 5.56 Å². The van der Waals surface area contributed by atoms with Crippen molar-refractivity contribution in [3.63, 3.8) is 0 Å². The molecule has 66 valence electrons. The smallest absolute Gasteiger partial charge is 0.0420 e. The van der Waals surface area contributed by atoms with Gasteiger partial charge in [0.25, 0.3) is 0 Å². The van der Waals surface area contributed by atoms with Crippen molar-refractivity contribution in [2.45, 2.75) is 32.7 Å². The summed E-state index contributed by atoms with van der Waals surface area (Å²) in [4.78, 5) is 4.20. The quantitative estimate of drug-likeness (QED) is 0.743. The van der Waals surface area contributed by atoms with Gasteiger partial charge >= 0.3 is 0 Å². The molecule has 2 nitrogen and oxygen atoms in total. The van der Waals surface area contributed by atoms with Crippen molar-refractivity contribution < 1.29 is 0 Å². The van der Waals surface area contributed by atoms with Crippen LogP contribution in [-0.4, -0.2) is 4.98 Å². The van der Waals surface area contributed by atoms with E-state index in [4.69, 9.17) is 5.73 Å². The summed E-state index contributed by atoms with van der Waals surface area (Å²) in [5.41, 5.74) is 8.20. The Labute approximate surface area is 73.8 Å². The summed E-state index contributed by atoms with van der Waals surface area (Å²) < 4.78 is 0. The minimum atomic E-state index is 0.156. The minimum absolute atomic E-state index is 0.156. The van der Waals surface area contributed by atoms with E-state index in [-0.39, 0.29) is 6.04 Å². The number of pyridine rings is 1. The Morgan fingerprint density at radius 1 is 1.58 bits per heavy atom. The Balaban J connectivity index is 2.79. The zero-order valence-electron chi connectivity index (χ0n) is 7.75. The highest BCUT2D eigenvalue weighted by Gasteiger charge is 2.06. The first-order chi connectivity index (χ1) is 5.75. The largest absolute Gasteiger partial charge is 0.324 e. The zero-order valence-corrected chi connectivity index (χ0v) is 7.75. The van der Waals surface area contributed by atoms with Crippen molar-refractivity contribution in [1.82, 2.24) is 4.98 Å². The van der Waals surface area contributed by atoms with Gasteiger partial charge in [0.15, 0.2) is 0 Å². The zero-order chi connectivity index (χ0) is 8.97. The maximum atomic E-state index is 5.97. The van der Waals surface area contributed by atoms with Crippen molar-refractivity contribution in [3.8, 4) is 0 Å². The summed E-state index contributed by atoms with van der Waals surface area (Å²) in [6, 6.07) is 4.16. The molecule has 0 fully saturated rings. The number of rotatable bonds is 3. The van der Waals surface area contributed by atoms with Crippen molar-refractivity contribution in [1.29, 1.82) is 0 Å². The molecule has 0 unspecified atom stereocenters. The molecule has 0 saturated carbocycles. The Morgan fingerprint density at radius 3 is 2.92 bits per heavy atom. The van der Waals surface area contributed by atoms with E-state index in [9.17, 15) is 0 Å². The van der Waals surface area contributed by atoms with Crippen molar-refractivity contribution in [2.75, 3.05) is 0 Å². The molecule has 0 saturated heterocycles. The lowest BCUT2D eigenvalue weighted by Crippen LogP contribution is -2.11. The molecule has 1 rings (SSSR count). The molecule has 0 aliphatic heterocycles. The Bertz CT molecular complexity index is 245. The van der Waals surface area contributed by atoms with Gasteiger partial charge < -0.3 is 5.73 Å². The lowest BCUT2D eigenvalue weighted by atomic mass is 10.0. The molecule has 2 N–H and O–H groups in total. The SMILES string of the molecule is CCC[C@@H](N)c1cccnc1C. The van der Waals surface area contributed by atoms with Crippen LogP contribution in [0.25, 0.3) is 0 Å². The molecule has 1 aromatic heterocycles. The van der Waals surface area contributed by atoms with Gasteiger partial charge in [0.1, 0.15) is 0 Å². The van der Waals surface area contributed by atoms with Gasteiger partial charge in [-0.05, 0) is 25.0 Å². The first kappa shape index (κ1) is 9.20. The molecule has 1 atom stereocenters. The standard InChI is InChI=1S/C10H16N2/c1-3-5-10(11)9-6-4-7-12-8(9)2/h4,6-7,10H,3,5,11H2,1-2H3/t10-/m1/s1. The van der Waals surface area contributed by atoms with Crippen LogP contribution in [0.15, 0.2) is 18.3 Å². The Hall–Kier alpha value is -0.890. The normalized spacial score (nSPS) is 12.9. The molecule has 0 radical (unpaired) electrons.